The summed E-state index contributed by atoms with van der Waals surface area (Å²) in [5, 5.41) is 0. The molecule has 0 aromatic rings. The number of rotatable bonds is 5. The zero-order valence-electron chi connectivity index (χ0n) is 11.6. The normalized spacial score (nSPS) is 20.0. The van der Waals surface area contributed by atoms with Crippen LogP contribution >= 0.6 is 0 Å². The van der Waals surface area contributed by atoms with E-state index in [2.05, 4.69) is 13.1 Å². The van der Waals surface area contributed by atoms with E-state index < -0.39 is 8.32 Å². The van der Waals surface area contributed by atoms with E-state index in [-0.39, 0.29) is 17.6 Å². The molecule has 17 heavy (non-hydrogen) atoms. The van der Waals surface area contributed by atoms with Crippen molar-refractivity contribution in [3.05, 3.63) is 0 Å². The lowest BCUT2D eigenvalue weighted by Crippen LogP contribution is -2.41. The van der Waals surface area contributed by atoms with Crippen molar-refractivity contribution in [2.24, 2.45) is 0 Å². The van der Waals surface area contributed by atoms with Gasteiger partial charge in [-0.2, -0.15) is 0 Å². The summed E-state index contributed by atoms with van der Waals surface area (Å²) in [6.07, 6.45) is 5.90. The van der Waals surface area contributed by atoms with Crippen LogP contribution in [0, 0.1) is 0 Å². The lowest BCUT2D eigenvalue weighted by Gasteiger charge is -2.30. The van der Waals surface area contributed by atoms with Crippen LogP contribution in [-0.4, -0.2) is 27.0 Å². The highest BCUT2D eigenvalue weighted by atomic mass is 28.4. The molecule has 0 aromatic heterocycles. The van der Waals surface area contributed by atoms with Crippen LogP contribution in [0.1, 0.15) is 46.0 Å². The molecule has 4 heteroatoms. The summed E-state index contributed by atoms with van der Waals surface area (Å²) < 4.78 is 11.3. The molecule has 0 aliphatic heterocycles. The van der Waals surface area contributed by atoms with Gasteiger partial charge in [0.25, 0.3) is 0 Å². The van der Waals surface area contributed by atoms with E-state index in [1.54, 1.807) is 0 Å². The molecule has 1 aliphatic carbocycles. The number of hydrogen-bond acceptors (Lipinski definition) is 3. The van der Waals surface area contributed by atoms with E-state index in [1.807, 2.05) is 13.8 Å². The maximum atomic E-state index is 12.1. The van der Waals surface area contributed by atoms with Gasteiger partial charge >= 0.3 is 5.97 Å². The van der Waals surface area contributed by atoms with Crippen LogP contribution in [0.5, 0.6) is 0 Å². The van der Waals surface area contributed by atoms with Crippen LogP contribution in [0.2, 0.25) is 18.6 Å². The van der Waals surface area contributed by atoms with Crippen LogP contribution < -0.4 is 0 Å². The highest BCUT2D eigenvalue weighted by Crippen LogP contribution is 2.27. The first-order valence-electron chi connectivity index (χ1n) is 6.82. The van der Waals surface area contributed by atoms with Crippen molar-refractivity contribution in [3.8, 4) is 0 Å². The van der Waals surface area contributed by atoms with Crippen molar-refractivity contribution in [1.29, 1.82) is 0 Å². The summed E-state index contributed by atoms with van der Waals surface area (Å²) in [5.74, 6) is -0.0537. The van der Waals surface area contributed by atoms with Gasteiger partial charge in [0.05, 0.1) is 5.54 Å². The summed E-state index contributed by atoms with van der Waals surface area (Å²) in [6, 6.07) is 0. The number of esters is 1. The number of hydrogen-bond donors (Lipinski definition) is 0. The molecule has 0 amide bonds. The fraction of sp³-hybridized carbons (Fsp3) is 0.923. The summed E-state index contributed by atoms with van der Waals surface area (Å²) in [5.41, 5.74) is -0.0793. The van der Waals surface area contributed by atoms with Crippen molar-refractivity contribution < 1.29 is 14.0 Å². The number of ether oxygens (including phenoxy) is 1. The molecule has 1 fully saturated rings. The monoisotopic (exact) mass is 258 g/mol. The van der Waals surface area contributed by atoms with Gasteiger partial charge in [-0.25, -0.2) is 0 Å². The van der Waals surface area contributed by atoms with Gasteiger partial charge in [0.1, 0.15) is 6.10 Å². The first-order chi connectivity index (χ1) is 7.97. The molecule has 3 nitrogen and oxygen atoms in total. The van der Waals surface area contributed by atoms with E-state index >= 15 is 0 Å². The summed E-state index contributed by atoms with van der Waals surface area (Å²) >= 11 is 0. The predicted octanol–water partition coefficient (Wildman–Crippen LogP) is 3.49. The Kier molecular flexibility index (Phi) is 5.66. The molecule has 1 saturated carbocycles. The highest BCUT2D eigenvalue weighted by molar-refractivity contribution is 6.75. The minimum atomic E-state index is -1.93. The second-order valence-electron chi connectivity index (χ2n) is 5.46. The number of carbonyl (C=O) groups is 1. The van der Waals surface area contributed by atoms with Gasteiger partial charge in [0.15, 0.2) is 8.32 Å². The molecule has 0 bridgehead atoms. The van der Waals surface area contributed by atoms with Gasteiger partial charge in [-0.1, -0.05) is 13.3 Å². The Bertz CT molecular complexity index is 247. The maximum absolute atomic E-state index is 12.1. The van der Waals surface area contributed by atoms with Gasteiger partial charge in [0.2, 0.25) is 0 Å². The molecule has 0 heterocycles. The maximum Gasteiger partial charge on any atom is 0.308 e. The van der Waals surface area contributed by atoms with Crippen LogP contribution in [0.25, 0.3) is 0 Å². The molecule has 1 rings (SSSR count). The third-order valence-corrected chi connectivity index (χ3v) is 7.10. The summed E-state index contributed by atoms with van der Waals surface area (Å²) in [4.78, 5) is 12.1. The molecule has 1 atom stereocenters. The molecule has 0 spiro atoms. The number of carbonyl (C=O) groups excluding carboxylic acids is 1. The predicted molar refractivity (Wildman–Crippen MR) is 71.5 cm³/mol. The lowest BCUT2D eigenvalue weighted by atomic mass is 9.98. The quantitative estimate of drug-likeness (QED) is 0.559. The van der Waals surface area contributed by atoms with Crippen molar-refractivity contribution >= 4 is 14.3 Å². The molecule has 1 unspecified atom stereocenters. The van der Waals surface area contributed by atoms with E-state index in [1.165, 1.54) is 19.3 Å². The van der Waals surface area contributed by atoms with Crippen molar-refractivity contribution in [2.75, 3.05) is 6.61 Å². The minimum Gasteiger partial charge on any atom is -0.462 e. The lowest BCUT2D eigenvalue weighted by molar-refractivity contribution is -0.150. The van der Waals surface area contributed by atoms with Gasteiger partial charge in [-0.15, -0.1) is 0 Å². The van der Waals surface area contributed by atoms with E-state index in [0.717, 1.165) is 12.8 Å². The molecule has 0 N–H and O–H groups in total. The minimum absolute atomic E-state index is 0.0537. The van der Waals surface area contributed by atoms with Crippen molar-refractivity contribution in [2.45, 2.75) is 70.7 Å². The molecular formula is C13H26O3Si. The van der Waals surface area contributed by atoms with Crippen molar-refractivity contribution in [1.82, 2.24) is 0 Å². The standard InChI is InChI=1S/C13H26O3Si/c1-5-15-17(3,4)11(2)13(14)16-12-9-7-6-8-10-12/h11-12H,5-10H2,1-4H3. The Balaban J connectivity index is 2.45. The summed E-state index contributed by atoms with van der Waals surface area (Å²) in [6.45, 7) is 8.79. The average Bonchev–Trinajstić information content (AvgIpc) is 2.29. The zero-order valence-corrected chi connectivity index (χ0v) is 12.6. The molecule has 1 aliphatic rings. The largest absolute Gasteiger partial charge is 0.462 e. The Labute approximate surface area is 106 Å². The molecule has 0 saturated heterocycles. The Morgan fingerprint density at radius 3 is 2.41 bits per heavy atom. The second kappa shape index (κ2) is 6.54. The molecule has 0 aromatic carbocycles. The Morgan fingerprint density at radius 2 is 1.88 bits per heavy atom. The summed E-state index contributed by atoms with van der Waals surface area (Å²) in [7, 11) is -1.93. The van der Waals surface area contributed by atoms with E-state index in [0.29, 0.717) is 6.61 Å². The van der Waals surface area contributed by atoms with E-state index in [9.17, 15) is 4.79 Å². The Morgan fingerprint density at radius 1 is 1.29 bits per heavy atom. The smallest absolute Gasteiger partial charge is 0.308 e. The first kappa shape index (κ1) is 14.7. The molecule has 100 valence electrons. The van der Waals surface area contributed by atoms with Crippen molar-refractivity contribution in [3.63, 3.8) is 0 Å². The van der Waals surface area contributed by atoms with Gasteiger partial charge in [-0.05, 0) is 45.7 Å². The Hall–Kier alpha value is -0.353. The van der Waals surface area contributed by atoms with Crippen LogP contribution in [0.15, 0.2) is 0 Å². The third-order valence-electron chi connectivity index (χ3n) is 3.75. The van der Waals surface area contributed by atoms with Crippen LogP contribution in [0.3, 0.4) is 0 Å². The molecular weight excluding hydrogens is 232 g/mol. The van der Waals surface area contributed by atoms with Crippen LogP contribution in [0.4, 0.5) is 0 Å². The van der Waals surface area contributed by atoms with Gasteiger partial charge in [-0.3, -0.25) is 4.79 Å². The topological polar surface area (TPSA) is 35.5 Å². The fourth-order valence-corrected chi connectivity index (χ4v) is 3.86. The fourth-order valence-electron chi connectivity index (χ4n) is 2.23. The first-order valence-corrected chi connectivity index (χ1v) is 9.80. The average molecular weight is 258 g/mol. The van der Waals surface area contributed by atoms with E-state index in [4.69, 9.17) is 9.16 Å². The molecule has 0 radical (unpaired) electrons. The van der Waals surface area contributed by atoms with Crippen LogP contribution in [-0.2, 0) is 14.0 Å². The zero-order chi connectivity index (χ0) is 12.9. The van der Waals surface area contributed by atoms with Gasteiger partial charge in [0, 0.05) is 6.61 Å². The second-order valence-corrected chi connectivity index (χ2v) is 9.82. The highest BCUT2D eigenvalue weighted by Gasteiger charge is 2.37. The third kappa shape index (κ3) is 4.43. The SMILES string of the molecule is CCO[Si](C)(C)C(C)C(=O)OC1CCCCC1. The van der Waals surface area contributed by atoms with Gasteiger partial charge < -0.3 is 9.16 Å².